The molecule has 1 fully saturated rings. The van der Waals surface area contributed by atoms with E-state index < -0.39 is 85.2 Å². The average molecular weight is 743 g/mol. The number of ether oxygens (including phenoxy) is 7. The molecule has 1 heterocycles. The third-order valence-corrected chi connectivity index (χ3v) is 8.25. The van der Waals surface area contributed by atoms with Gasteiger partial charge in [0.2, 0.25) is 5.91 Å². The van der Waals surface area contributed by atoms with Gasteiger partial charge in [0.15, 0.2) is 24.6 Å². The molecule has 1 aliphatic heterocycles. The van der Waals surface area contributed by atoms with E-state index in [0.29, 0.717) is 0 Å². The van der Waals surface area contributed by atoms with Gasteiger partial charge in [0.25, 0.3) is 0 Å². The third kappa shape index (κ3) is 11.2. The van der Waals surface area contributed by atoms with E-state index in [9.17, 15) is 38.7 Å². The summed E-state index contributed by atoms with van der Waals surface area (Å²) in [7, 11) is 0. The predicted octanol–water partition coefficient (Wildman–Crippen LogP) is 1.97. The molecule has 17 nitrogen and oxygen atoms in total. The number of alkyl carbamates (subject to hydrolysis) is 1. The van der Waals surface area contributed by atoms with Crippen molar-refractivity contribution in [3.63, 3.8) is 0 Å². The smallest absolute Gasteiger partial charge is 0.407 e. The van der Waals surface area contributed by atoms with Gasteiger partial charge in [-0.25, -0.2) is 9.59 Å². The summed E-state index contributed by atoms with van der Waals surface area (Å²) in [6.45, 7) is 3.55. The van der Waals surface area contributed by atoms with Crippen molar-refractivity contribution in [3.05, 3.63) is 59.7 Å². The average Bonchev–Trinajstić information content (AvgIpc) is 3.41. The highest BCUT2D eigenvalue weighted by molar-refractivity contribution is 5.82. The molecule has 1 saturated heterocycles. The summed E-state index contributed by atoms with van der Waals surface area (Å²) in [6, 6.07) is 14.1. The number of nitrogens with one attached hydrogen (secondary N) is 2. The van der Waals surface area contributed by atoms with Crippen LogP contribution in [0.15, 0.2) is 48.5 Å². The molecule has 17 heteroatoms. The van der Waals surface area contributed by atoms with Gasteiger partial charge in [-0.05, 0) is 28.7 Å². The Morgan fingerprint density at radius 2 is 1.30 bits per heavy atom. The highest BCUT2D eigenvalue weighted by Crippen LogP contribution is 2.44. The van der Waals surface area contributed by atoms with Gasteiger partial charge in [-0.3, -0.25) is 24.0 Å². The zero-order valence-corrected chi connectivity index (χ0v) is 29.6. The summed E-state index contributed by atoms with van der Waals surface area (Å²) in [6.07, 6.45) is -8.37. The number of carboxylic acid groups (broad SMARTS) is 1. The van der Waals surface area contributed by atoms with Gasteiger partial charge in [0.1, 0.15) is 25.4 Å². The Hall–Kier alpha value is -5.55. The van der Waals surface area contributed by atoms with Gasteiger partial charge >= 0.3 is 35.9 Å². The van der Waals surface area contributed by atoms with E-state index in [1.165, 1.54) is 0 Å². The first-order valence-electron chi connectivity index (χ1n) is 16.8. The minimum absolute atomic E-state index is 0.0216. The van der Waals surface area contributed by atoms with Gasteiger partial charge in [-0.15, -0.1) is 0 Å². The fourth-order valence-corrected chi connectivity index (χ4v) is 6.09. The maximum absolute atomic E-state index is 12.7. The van der Waals surface area contributed by atoms with Crippen LogP contribution in [-0.4, -0.2) is 110 Å². The molecule has 0 radical (unpaired) electrons. The van der Waals surface area contributed by atoms with Crippen LogP contribution in [0.4, 0.5) is 4.79 Å². The topological polar surface area (TPSA) is 228 Å². The van der Waals surface area contributed by atoms with Crippen molar-refractivity contribution in [1.29, 1.82) is 0 Å². The van der Waals surface area contributed by atoms with E-state index in [1.54, 1.807) is 0 Å². The molecule has 4 rings (SSSR count). The minimum atomic E-state index is -1.44. The molecule has 53 heavy (non-hydrogen) atoms. The Kier molecular flexibility index (Phi) is 14.3. The second-order valence-electron chi connectivity index (χ2n) is 12.2. The highest BCUT2D eigenvalue weighted by Gasteiger charge is 2.52. The molecule has 2 aromatic carbocycles. The summed E-state index contributed by atoms with van der Waals surface area (Å²) in [5.41, 5.74) is 4.06. The summed E-state index contributed by atoms with van der Waals surface area (Å²) >= 11 is 0. The van der Waals surface area contributed by atoms with Crippen molar-refractivity contribution < 1.29 is 71.8 Å². The van der Waals surface area contributed by atoms with E-state index in [2.05, 4.69) is 10.6 Å². The lowest BCUT2D eigenvalue weighted by Gasteiger charge is -2.44. The number of carboxylic acids is 1. The fourth-order valence-electron chi connectivity index (χ4n) is 6.09. The summed E-state index contributed by atoms with van der Waals surface area (Å²) < 4.78 is 38.0. The number of amides is 2. The number of rotatable bonds is 16. The Bertz CT molecular complexity index is 1630. The number of hydrogen-bond donors (Lipinski definition) is 3. The molecule has 0 saturated carbocycles. The molecule has 286 valence electrons. The maximum Gasteiger partial charge on any atom is 0.407 e. The van der Waals surface area contributed by atoms with Crippen LogP contribution in [0, 0.1) is 0 Å². The van der Waals surface area contributed by atoms with Crippen molar-refractivity contribution >= 4 is 41.8 Å². The Balaban J connectivity index is 1.29. The zero-order valence-electron chi connectivity index (χ0n) is 29.6. The SMILES string of the molecule is CC(=O)OC[C@H]1O[C@@H](OCCNC(=O)CC[C@H](NC(=O)OCC2c3ccccc3-c3ccccc32)C(=O)O)[C@H](OC(C)=O)[C@@H](OC(C)=O)[C@H]1OC(C)=O. The minimum Gasteiger partial charge on any atom is -0.480 e. The quantitative estimate of drug-likeness (QED) is 0.127. The molecule has 0 bridgehead atoms. The fraction of sp³-hybridized carbons (Fsp3) is 0.472. The van der Waals surface area contributed by atoms with Crippen LogP contribution in [0.1, 0.15) is 57.6 Å². The molecule has 3 N–H and O–H groups in total. The number of carbonyl (C=O) groups excluding carboxylic acids is 6. The van der Waals surface area contributed by atoms with Crippen LogP contribution in [0.5, 0.6) is 0 Å². The van der Waals surface area contributed by atoms with Gasteiger partial charge in [0, 0.05) is 46.6 Å². The molecule has 2 amide bonds. The predicted molar refractivity (Wildman–Crippen MR) is 180 cm³/mol. The van der Waals surface area contributed by atoms with Crippen LogP contribution >= 0.6 is 0 Å². The van der Waals surface area contributed by atoms with Gasteiger partial charge in [0.05, 0.1) is 6.61 Å². The van der Waals surface area contributed by atoms with E-state index in [4.69, 9.17) is 33.2 Å². The zero-order chi connectivity index (χ0) is 38.7. The number of hydrogen-bond acceptors (Lipinski definition) is 14. The lowest BCUT2D eigenvalue weighted by atomic mass is 9.98. The first-order chi connectivity index (χ1) is 25.2. The second kappa shape index (κ2) is 18.8. The van der Waals surface area contributed by atoms with E-state index in [-0.39, 0.29) is 38.5 Å². The number of carbonyl (C=O) groups is 7. The molecule has 0 aromatic heterocycles. The van der Waals surface area contributed by atoms with Crippen LogP contribution in [0.2, 0.25) is 0 Å². The largest absolute Gasteiger partial charge is 0.480 e. The van der Waals surface area contributed by atoms with E-state index >= 15 is 0 Å². The van der Waals surface area contributed by atoms with Crippen molar-refractivity contribution in [2.45, 2.75) is 83.2 Å². The van der Waals surface area contributed by atoms with Crippen LogP contribution in [-0.2, 0) is 61.9 Å². The van der Waals surface area contributed by atoms with Crippen molar-refractivity contribution in [2.24, 2.45) is 0 Å². The molecule has 0 unspecified atom stereocenters. The van der Waals surface area contributed by atoms with E-state index in [0.717, 1.165) is 49.9 Å². The third-order valence-electron chi connectivity index (χ3n) is 8.25. The normalized spacial score (nSPS) is 20.8. The van der Waals surface area contributed by atoms with Gasteiger partial charge in [-0.2, -0.15) is 0 Å². The molecule has 1 aliphatic carbocycles. The Morgan fingerprint density at radius 3 is 1.87 bits per heavy atom. The molecule has 2 aliphatic rings. The summed E-state index contributed by atoms with van der Waals surface area (Å²) in [5.74, 6) is -5.25. The Morgan fingerprint density at radius 1 is 0.736 bits per heavy atom. The monoisotopic (exact) mass is 742 g/mol. The summed E-state index contributed by atoms with van der Waals surface area (Å²) in [4.78, 5) is 84.5. The van der Waals surface area contributed by atoms with Crippen molar-refractivity contribution in [1.82, 2.24) is 10.6 Å². The molecular weight excluding hydrogens is 700 g/mol. The molecule has 0 spiro atoms. The first kappa shape index (κ1) is 40.2. The first-order valence-corrected chi connectivity index (χ1v) is 16.8. The van der Waals surface area contributed by atoms with E-state index in [1.807, 2.05) is 48.5 Å². The number of benzene rings is 2. The standard InChI is InChI=1S/C36H42N2O15/c1-19(39)48-18-29-31(50-20(2)40)32(51-21(3)41)33(52-22(4)42)35(53-29)47-16-15-37-30(43)14-13-28(34(44)45)38-36(46)49-17-27-25-11-7-5-9-23(25)24-10-6-8-12-26(24)27/h5-12,27-29,31-33,35H,13-18H2,1-4H3,(H,37,43)(H,38,46)(H,44,45)/t28-,29+,31-,32-,33+,35+/m0/s1. The number of fused-ring (bicyclic) bond motifs is 3. The second-order valence-corrected chi connectivity index (χ2v) is 12.2. The highest BCUT2D eigenvalue weighted by atomic mass is 16.7. The van der Waals surface area contributed by atoms with Crippen LogP contribution in [0.3, 0.4) is 0 Å². The molecule has 2 aromatic rings. The van der Waals surface area contributed by atoms with Crippen LogP contribution < -0.4 is 10.6 Å². The number of esters is 4. The van der Waals surface area contributed by atoms with Crippen LogP contribution in [0.25, 0.3) is 11.1 Å². The lowest BCUT2D eigenvalue weighted by Crippen LogP contribution is -2.63. The summed E-state index contributed by atoms with van der Waals surface area (Å²) in [5, 5.41) is 14.6. The van der Waals surface area contributed by atoms with Crippen molar-refractivity contribution in [2.75, 3.05) is 26.4 Å². The maximum atomic E-state index is 12.7. The van der Waals surface area contributed by atoms with Gasteiger partial charge < -0.3 is 48.9 Å². The number of aliphatic carboxylic acids is 1. The molecular formula is C36H42N2O15. The lowest BCUT2D eigenvalue weighted by molar-refractivity contribution is -0.307. The van der Waals surface area contributed by atoms with Gasteiger partial charge in [-0.1, -0.05) is 48.5 Å². The Labute approximate surface area is 304 Å². The molecule has 6 atom stereocenters. The van der Waals surface area contributed by atoms with Crippen molar-refractivity contribution in [3.8, 4) is 11.1 Å².